The monoisotopic (exact) mass is 693 g/mol. The molecule has 6 heterocycles. The highest BCUT2D eigenvalue weighted by atomic mass is 35.5. The van der Waals surface area contributed by atoms with E-state index in [-0.39, 0.29) is 17.0 Å². The molecule has 4 unspecified atom stereocenters. The van der Waals surface area contributed by atoms with Gasteiger partial charge in [0.2, 0.25) is 15.1 Å². The standard InChI is InChI=1S/C24H25B2ClFN7O9P2/c1-10-3-12-13(4-11(10)27)34(8-32-12)23-17(36)19-24(2,42-23)6-40-46(26,38)43-18-14(5-39-45(25,37)44-19)41-22(15(18)28)35-9-33-16-20(29)30-7-31-21(16)35/h3-4,7-9,14-15,17-19,22-23,36H,5-6H2,1-2H3,(H2,29,30,31)/t14-,15?,17+,18+,19?,22-,23-,24-,45?,46?/m1/s1. The van der Waals surface area contributed by atoms with E-state index >= 15 is 4.39 Å². The Balaban J connectivity index is 1.19. The average Bonchev–Trinajstić information content (AvgIpc) is 3.73. The number of nitrogens with zero attached hydrogens (tertiary/aromatic N) is 6. The lowest BCUT2D eigenvalue weighted by Gasteiger charge is -2.35. The lowest BCUT2D eigenvalue weighted by Crippen LogP contribution is -2.46. The van der Waals surface area contributed by atoms with Crippen molar-refractivity contribution in [1.29, 1.82) is 0 Å². The van der Waals surface area contributed by atoms with Gasteiger partial charge in [-0.2, -0.15) is 0 Å². The van der Waals surface area contributed by atoms with Crippen molar-refractivity contribution in [2.75, 3.05) is 18.9 Å². The quantitative estimate of drug-likeness (QED) is 0.230. The average molecular weight is 694 g/mol. The van der Waals surface area contributed by atoms with Gasteiger partial charge >= 0.3 is 0 Å². The summed E-state index contributed by atoms with van der Waals surface area (Å²) in [5.41, 5.74) is 6.32. The number of nitrogens with two attached hydrogens (primary N) is 1. The van der Waals surface area contributed by atoms with Gasteiger partial charge in [0, 0.05) is 5.02 Å². The summed E-state index contributed by atoms with van der Waals surface area (Å²) >= 11 is 6.34. The third kappa shape index (κ3) is 5.50. The first-order chi connectivity index (χ1) is 21.7. The van der Waals surface area contributed by atoms with E-state index in [1.165, 1.54) is 28.7 Å². The zero-order valence-corrected chi connectivity index (χ0v) is 26.7. The topological polar surface area (TPSA) is 197 Å². The molecule has 4 radical (unpaired) electrons. The smallest absolute Gasteiger partial charge is 0.264 e. The highest BCUT2D eigenvalue weighted by Gasteiger charge is 2.57. The molecule has 7 rings (SSSR count). The van der Waals surface area contributed by atoms with Gasteiger partial charge in [-0.1, -0.05) is 11.6 Å². The highest BCUT2D eigenvalue weighted by molar-refractivity contribution is 7.79. The van der Waals surface area contributed by atoms with Crippen LogP contribution in [0.3, 0.4) is 0 Å². The highest BCUT2D eigenvalue weighted by Crippen LogP contribution is 2.55. The van der Waals surface area contributed by atoms with Crippen LogP contribution in [0.15, 0.2) is 31.1 Å². The number of aromatic nitrogens is 6. The number of nitrogen functional groups attached to an aromatic ring is 1. The lowest BCUT2D eigenvalue weighted by molar-refractivity contribution is -0.112. The van der Waals surface area contributed by atoms with Crippen molar-refractivity contribution in [1.82, 2.24) is 29.1 Å². The normalized spacial score (nSPS) is 38.8. The minimum absolute atomic E-state index is 0.0510. The first-order valence-corrected chi connectivity index (χ1v) is 17.4. The molecule has 3 aromatic heterocycles. The van der Waals surface area contributed by atoms with Crippen molar-refractivity contribution in [3.8, 4) is 0 Å². The minimum atomic E-state index is -4.58. The second kappa shape index (κ2) is 11.3. The first-order valence-electron chi connectivity index (χ1n) is 13.8. The van der Waals surface area contributed by atoms with Crippen LogP contribution in [-0.2, 0) is 36.7 Å². The number of rotatable bonds is 2. The van der Waals surface area contributed by atoms with Crippen LogP contribution >= 0.6 is 26.5 Å². The van der Waals surface area contributed by atoms with E-state index in [4.69, 9.17) is 60.0 Å². The fourth-order valence-electron chi connectivity index (χ4n) is 5.81. The van der Waals surface area contributed by atoms with Crippen LogP contribution in [0.1, 0.15) is 24.9 Å². The Labute approximate surface area is 267 Å². The van der Waals surface area contributed by atoms with E-state index in [2.05, 4.69) is 19.9 Å². The predicted octanol–water partition coefficient (Wildman–Crippen LogP) is 2.67. The molecule has 16 nitrogen and oxygen atoms in total. The molecular weight excluding hydrogens is 668 g/mol. The van der Waals surface area contributed by atoms with Crippen LogP contribution in [0.5, 0.6) is 0 Å². The van der Waals surface area contributed by atoms with Crippen LogP contribution in [0.2, 0.25) is 5.02 Å². The summed E-state index contributed by atoms with van der Waals surface area (Å²) in [5.74, 6) is 0.0510. The Hall–Kier alpha value is -2.43. The van der Waals surface area contributed by atoms with Crippen molar-refractivity contribution in [2.45, 2.75) is 62.5 Å². The van der Waals surface area contributed by atoms with Gasteiger partial charge in [-0.15, -0.1) is 0 Å². The van der Waals surface area contributed by atoms with E-state index in [1.807, 2.05) is 6.92 Å². The maximum atomic E-state index is 16.0. The number of fused-ring (bicyclic) bond motifs is 4. The number of hydrogen-bond acceptors (Lipinski definition) is 14. The molecule has 3 aliphatic heterocycles. The molecule has 1 aromatic carbocycles. The molecule has 22 heteroatoms. The third-order valence-corrected chi connectivity index (χ3v) is 10.6. The molecule has 240 valence electrons. The Morgan fingerprint density at radius 1 is 1.09 bits per heavy atom. The van der Waals surface area contributed by atoms with Crippen LogP contribution < -0.4 is 5.73 Å². The maximum Gasteiger partial charge on any atom is 0.264 e. The van der Waals surface area contributed by atoms with Crippen LogP contribution in [0, 0.1) is 6.92 Å². The number of aryl methyl sites for hydroxylation is 1. The van der Waals surface area contributed by atoms with E-state index < -0.39 is 76.8 Å². The molecule has 0 aliphatic carbocycles. The minimum Gasteiger partial charge on any atom is -0.386 e. The van der Waals surface area contributed by atoms with Crippen molar-refractivity contribution in [2.24, 2.45) is 0 Å². The van der Waals surface area contributed by atoms with Gasteiger partial charge in [-0.05, 0) is 31.5 Å². The molecule has 0 amide bonds. The molecule has 0 bridgehead atoms. The largest absolute Gasteiger partial charge is 0.386 e. The molecular formula is C24H25B2ClFN7O9P2. The molecule has 3 N–H and O–H groups in total. The van der Waals surface area contributed by atoms with Gasteiger partial charge < -0.3 is 43.0 Å². The van der Waals surface area contributed by atoms with E-state index in [0.717, 1.165) is 11.9 Å². The summed E-state index contributed by atoms with van der Waals surface area (Å²) < 4.78 is 79.8. The van der Waals surface area contributed by atoms with Crippen molar-refractivity contribution >= 4 is 69.7 Å². The predicted molar refractivity (Wildman–Crippen MR) is 161 cm³/mol. The number of benzene rings is 1. The Morgan fingerprint density at radius 3 is 2.61 bits per heavy atom. The lowest BCUT2D eigenvalue weighted by atomic mass is 9.98. The Kier molecular flexibility index (Phi) is 7.92. The van der Waals surface area contributed by atoms with Gasteiger partial charge in [-0.25, -0.2) is 24.3 Å². The van der Waals surface area contributed by atoms with Crippen molar-refractivity contribution < 1.29 is 46.2 Å². The zero-order chi connectivity index (χ0) is 32.8. The first kappa shape index (κ1) is 32.1. The van der Waals surface area contributed by atoms with Crippen LogP contribution in [0.4, 0.5) is 10.2 Å². The third-order valence-electron chi connectivity index (χ3n) is 8.13. The van der Waals surface area contributed by atoms with Gasteiger partial charge in [-0.3, -0.25) is 13.7 Å². The van der Waals surface area contributed by atoms with Crippen LogP contribution in [0.25, 0.3) is 22.2 Å². The molecule has 3 aliphatic rings. The summed E-state index contributed by atoms with van der Waals surface area (Å²) in [7, 11) is 2.79. The van der Waals surface area contributed by atoms with Gasteiger partial charge in [0.05, 0.1) is 36.9 Å². The van der Waals surface area contributed by atoms with Crippen LogP contribution in [-0.4, -0.2) is 98.7 Å². The van der Waals surface area contributed by atoms with Gasteiger partial charge in [0.25, 0.3) is 14.9 Å². The maximum absolute atomic E-state index is 16.0. The summed E-state index contributed by atoms with van der Waals surface area (Å²) in [6, 6.07) is 3.40. The van der Waals surface area contributed by atoms with Crippen molar-refractivity contribution in [3.05, 3.63) is 41.7 Å². The molecule has 3 fully saturated rings. The number of aliphatic hydroxyl groups excluding tert-OH is 1. The summed E-state index contributed by atoms with van der Waals surface area (Å²) in [5, 5.41) is 11.9. The van der Waals surface area contributed by atoms with E-state index in [1.54, 1.807) is 12.1 Å². The molecule has 10 atom stereocenters. The molecule has 4 aromatic rings. The van der Waals surface area contributed by atoms with Crippen molar-refractivity contribution in [3.63, 3.8) is 0 Å². The number of imidazole rings is 2. The number of alkyl halides is 1. The fraction of sp³-hybridized carbons (Fsp3) is 0.500. The Morgan fingerprint density at radius 2 is 1.83 bits per heavy atom. The number of anilines is 1. The summed E-state index contributed by atoms with van der Waals surface area (Å²) in [6.07, 6.45) is -6.99. The zero-order valence-electron chi connectivity index (χ0n) is 24.1. The fourth-order valence-corrected chi connectivity index (χ4v) is 8.13. The van der Waals surface area contributed by atoms with E-state index in [0.29, 0.717) is 16.1 Å². The number of ether oxygens (including phenoxy) is 2. The Bertz CT molecular complexity index is 1940. The second-order valence-electron chi connectivity index (χ2n) is 11.4. The van der Waals surface area contributed by atoms with Gasteiger partial charge in [0.1, 0.15) is 41.9 Å². The number of aliphatic hydroxyl groups is 1. The molecule has 0 saturated carbocycles. The SMILES string of the molecule is [B]P1(=O)OC[C@H]2O[C@@H](n3cnc4c(N)ncnc43)C(F)[C@H]2OP([B])(=O)OC[C@@]2(C)O[C@@H](n3cnc4cc(C)c(Cl)cc43)[C@@H](O)C2O1. The summed E-state index contributed by atoms with van der Waals surface area (Å²) in [6.45, 7) is 1.92. The second-order valence-corrected chi connectivity index (χ2v) is 14.9. The number of halogens is 2. The van der Waals surface area contributed by atoms with E-state index in [9.17, 15) is 14.2 Å². The molecule has 3 saturated heterocycles. The van der Waals surface area contributed by atoms with Gasteiger partial charge in [0.15, 0.2) is 30.1 Å². The number of hydrogen-bond donors (Lipinski definition) is 2. The summed E-state index contributed by atoms with van der Waals surface area (Å²) in [4.78, 5) is 16.4. The molecule has 0 spiro atoms. The molecule has 46 heavy (non-hydrogen) atoms.